The van der Waals surface area contributed by atoms with Crippen LogP contribution in [0.4, 0.5) is 0 Å². The molecule has 0 aromatic heterocycles. The minimum atomic E-state index is -0.704. The highest BCUT2D eigenvalue weighted by molar-refractivity contribution is 5.86. The van der Waals surface area contributed by atoms with Crippen LogP contribution in [-0.2, 0) is 11.4 Å². The molecule has 0 saturated heterocycles. The predicted octanol–water partition coefficient (Wildman–Crippen LogP) is 5.85. The lowest BCUT2D eigenvalue weighted by Gasteiger charge is -2.13. The Balaban J connectivity index is 1.30. The average molecular weight is 451 g/mol. The summed E-state index contributed by atoms with van der Waals surface area (Å²) in [6.45, 7) is 2.14. The first-order valence-electron chi connectivity index (χ1n) is 11.1. The van der Waals surface area contributed by atoms with Gasteiger partial charge in [0.25, 0.3) is 5.91 Å². The molecule has 4 aromatic carbocycles. The molecule has 1 N–H and O–H groups in total. The molecule has 5 nitrogen and oxygen atoms in total. The Hall–Kier alpha value is -4.38. The van der Waals surface area contributed by atoms with Crippen LogP contribution >= 0.6 is 0 Å². The number of para-hydroxylation sites is 1. The highest BCUT2D eigenvalue weighted by Gasteiger charge is 2.14. The summed E-state index contributed by atoms with van der Waals surface area (Å²) in [5.41, 5.74) is 6.59. The van der Waals surface area contributed by atoms with Gasteiger partial charge in [-0.25, -0.2) is 5.43 Å². The Kier molecular flexibility index (Phi) is 7.70. The number of carbonyl (C=O) groups excluding carboxylic acids is 1. The van der Waals surface area contributed by atoms with Crippen LogP contribution in [0.1, 0.15) is 18.1 Å². The topological polar surface area (TPSA) is 59.9 Å². The molecule has 0 radical (unpaired) electrons. The van der Waals surface area contributed by atoms with E-state index in [1.54, 1.807) is 13.1 Å². The van der Waals surface area contributed by atoms with Crippen molar-refractivity contribution in [3.8, 4) is 22.6 Å². The Labute approximate surface area is 199 Å². The third-order valence-electron chi connectivity index (χ3n) is 5.18. The van der Waals surface area contributed by atoms with Crippen LogP contribution in [-0.4, -0.2) is 18.2 Å². The first kappa shape index (κ1) is 22.8. The number of hydrazone groups is 1. The van der Waals surface area contributed by atoms with Gasteiger partial charge in [0, 0.05) is 5.56 Å². The first-order valence-corrected chi connectivity index (χ1v) is 11.1. The zero-order valence-corrected chi connectivity index (χ0v) is 18.9. The fraction of sp³-hybridized carbons (Fsp3) is 0.103. The number of amides is 1. The average Bonchev–Trinajstić information content (AvgIpc) is 2.89. The van der Waals surface area contributed by atoms with Crippen molar-refractivity contribution in [2.75, 3.05) is 0 Å². The van der Waals surface area contributed by atoms with Gasteiger partial charge in [0.15, 0.2) is 6.10 Å². The molecule has 0 heterocycles. The van der Waals surface area contributed by atoms with Gasteiger partial charge in [-0.15, -0.1) is 0 Å². The third kappa shape index (κ3) is 6.33. The number of carbonyl (C=O) groups is 1. The summed E-state index contributed by atoms with van der Waals surface area (Å²) >= 11 is 0. The lowest BCUT2D eigenvalue weighted by Crippen LogP contribution is -2.33. The predicted molar refractivity (Wildman–Crippen MR) is 135 cm³/mol. The quantitative estimate of drug-likeness (QED) is 0.257. The maximum Gasteiger partial charge on any atom is 0.280 e. The fourth-order valence-corrected chi connectivity index (χ4v) is 3.32. The van der Waals surface area contributed by atoms with Gasteiger partial charge >= 0.3 is 0 Å². The van der Waals surface area contributed by atoms with E-state index in [-0.39, 0.29) is 5.91 Å². The van der Waals surface area contributed by atoms with Crippen LogP contribution in [0.25, 0.3) is 11.1 Å². The zero-order valence-electron chi connectivity index (χ0n) is 18.9. The number of nitrogens with one attached hydrogen (secondary N) is 1. The Morgan fingerprint density at radius 1 is 0.824 bits per heavy atom. The maximum atomic E-state index is 12.4. The van der Waals surface area contributed by atoms with Gasteiger partial charge in [0.1, 0.15) is 18.1 Å². The smallest absolute Gasteiger partial charge is 0.280 e. The van der Waals surface area contributed by atoms with Crippen molar-refractivity contribution in [1.82, 2.24) is 5.43 Å². The number of hydrogen-bond acceptors (Lipinski definition) is 4. The summed E-state index contributed by atoms with van der Waals surface area (Å²) in [6.07, 6.45) is 0.865. The third-order valence-corrected chi connectivity index (χ3v) is 5.18. The molecule has 1 amide bonds. The molecule has 1 atom stereocenters. The number of nitrogens with zero attached hydrogens (tertiary/aromatic N) is 1. The second-order valence-corrected chi connectivity index (χ2v) is 7.70. The van der Waals surface area contributed by atoms with Crippen molar-refractivity contribution in [1.29, 1.82) is 0 Å². The van der Waals surface area contributed by atoms with Crippen LogP contribution in [0.2, 0.25) is 0 Å². The highest BCUT2D eigenvalue weighted by atomic mass is 16.5. The number of ether oxygens (including phenoxy) is 2. The summed E-state index contributed by atoms with van der Waals surface area (Å²) in [6, 6.07) is 35.2. The summed E-state index contributed by atoms with van der Waals surface area (Å²) < 4.78 is 11.7. The van der Waals surface area contributed by atoms with Crippen molar-refractivity contribution < 1.29 is 14.3 Å². The Morgan fingerprint density at radius 3 is 2.18 bits per heavy atom. The molecule has 34 heavy (non-hydrogen) atoms. The lowest BCUT2D eigenvalue weighted by molar-refractivity contribution is -0.127. The summed E-state index contributed by atoms with van der Waals surface area (Å²) in [5, 5.41) is 4.09. The van der Waals surface area contributed by atoms with Gasteiger partial charge in [0.05, 0.1) is 6.21 Å². The molecular weight excluding hydrogens is 424 g/mol. The minimum absolute atomic E-state index is 0.342. The van der Waals surface area contributed by atoms with E-state index in [4.69, 9.17) is 9.47 Å². The van der Waals surface area contributed by atoms with E-state index in [0.29, 0.717) is 18.1 Å². The Bertz CT molecular complexity index is 1220. The van der Waals surface area contributed by atoms with E-state index < -0.39 is 6.10 Å². The molecule has 0 bridgehead atoms. The molecule has 1 unspecified atom stereocenters. The minimum Gasteiger partial charge on any atom is -0.488 e. The van der Waals surface area contributed by atoms with E-state index >= 15 is 0 Å². The maximum absolute atomic E-state index is 12.4. The van der Waals surface area contributed by atoms with E-state index in [0.717, 1.165) is 22.3 Å². The standard InChI is InChI=1S/C29H26N2O3/c1-22(34-27-18-16-25(17-19-27)24-12-6-3-7-13-24)29(32)31-30-20-26-14-8-9-15-28(26)33-21-23-10-4-2-5-11-23/h2-20,22H,21H2,1H3,(H,31,32). The fourth-order valence-electron chi connectivity index (χ4n) is 3.32. The SMILES string of the molecule is CC(Oc1ccc(-c2ccccc2)cc1)C(=O)NN=Cc1ccccc1OCc1ccccc1. The molecule has 0 spiro atoms. The normalized spacial score (nSPS) is 11.7. The van der Waals surface area contributed by atoms with E-state index in [2.05, 4.69) is 22.7 Å². The molecule has 0 aliphatic carbocycles. The molecule has 5 heteroatoms. The summed E-state index contributed by atoms with van der Waals surface area (Å²) in [4.78, 5) is 12.4. The van der Waals surface area contributed by atoms with Crippen molar-refractivity contribution in [3.05, 3.63) is 120 Å². The van der Waals surface area contributed by atoms with Gasteiger partial charge in [-0.2, -0.15) is 5.10 Å². The molecule has 0 aliphatic rings. The Morgan fingerprint density at radius 2 is 1.44 bits per heavy atom. The molecule has 4 rings (SSSR count). The van der Waals surface area contributed by atoms with Crippen molar-refractivity contribution >= 4 is 12.1 Å². The lowest BCUT2D eigenvalue weighted by atomic mass is 10.1. The van der Waals surface area contributed by atoms with Crippen LogP contribution in [0.15, 0.2) is 114 Å². The molecule has 0 aliphatic heterocycles. The summed E-state index contributed by atoms with van der Waals surface area (Å²) in [5.74, 6) is 0.962. The van der Waals surface area contributed by atoms with E-state index in [1.165, 1.54) is 0 Å². The van der Waals surface area contributed by atoms with Crippen molar-refractivity contribution in [2.45, 2.75) is 19.6 Å². The number of benzene rings is 4. The first-order chi connectivity index (χ1) is 16.7. The largest absolute Gasteiger partial charge is 0.488 e. The van der Waals surface area contributed by atoms with Gasteiger partial charge < -0.3 is 9.47 Å². The van der Waals surface area contributed by atoms with Crippen LogP contribution in [0.5, 0.6) is 11.5 Å². The molecule has 4 aromatic rings. The summed E-state index contributed by atoms with van der Waals surface area (Å²) in [7, 11) is 0. The van der Waals surface area contributed by atoms with Gasteiger partial charge in [-0.05, 0) is 47.9 Å². The van der Waals surface area contributed by atoms with Gasteiger partial charge in [-0.3, -0.25) is 4.79 Å². The molecule has 0 fully saturated rings. The van der Waals surface area contributed by atoms with Crippen molar-refractivity contribution in [3.63, 3.8) is 0 Å². The molecular formula is C29H26N2O3. The molecule has 170 valence electrons. The van der Waals surface area contributed by atoms with Gasteiger partial charge in [-0.1, -0.05) is 84.9 Å². The second kappa shape index (κ2) is 11.5. The van der Waals surface area contributed by atoms with Crippen LogP contribution in [0, 0.1) is 0 Å². The van der Waals surface area contributed by atoms with Crippen molar-refractivity contribution in [2.24, 2.45) is 5.10 Å². The van der Waals surface area contributed by atoms with Crippen LogP contribution < -0.4 is 14.9 Å². The number of hydrogen-bond donors (Lipinski definition) is 1. The highest BCUT2D eigenvalue weighted by Crippen LogP contribution is 2.22. The molecule has 0 saturated carbocycles. The van der Waals surface area contributed by atoms with E-state index in [9.17, 15) is 4.79 Å². The van der Waals surface area contributed by atoms with Crippen LogP contribution in [0.3, 0.4) is 0 Å². The second-order valence-electron chi connectivity index (χ2n) is 7.70. The monoisotopic (exact) mass is 450 g/mol. The zero-order chi connectivity index (χ0) is 23.6. The van der Waals surface area contributed by atoms with E-state index in [1.807, 2.05) is 97.1 Å². The van der Waals surface area contributed by atoms with Gasteiger partial charge in [0.2, 0.25) is 0 Å². The number of rotatable bonds is 9.